The lowest BCUT2D eigenvalue weighted by molar-refractivity contribution is 0.102. The number of aryl methyl sites for hydroxylation is 3. The van der Waals surface area contributed by atoms with Gasteiger partial charge in [-0.3, -0.25) is 14.6 Å². The molecule has 4 aromatic rings. The monoisotopic (exact) mass is 391 g/mol. The number of hydrogen-bond donors (Lipinski definition) is 2. The molecule has 0 atom stereocenters. The molecule has 1 amide bonds. The minimum absolute atomic E-state index is 0.114. The normalized spacial score (nSPS) is 11.1. The van der Waals surface area contributed by atoms with Gasteiger partial charge in [0.2, 0.25) is 0 Å². The first-order chi connectivity index (χ1) is 13.3. The third-order valence-corrected chi connectivity index (χ3v) is 5.18. The van der Waals surface area contributed by atoms with Crippen molar-refractivity contribution in [2.75, 3.05) is 5.32 Å². The van der Waals surface area contributed by atoms with Crippen LogP contribution in [0.1, 0.15) is 27.3 Å². The molecule has 4 rings (SSSR count). The average molecular weight is 392 g/mol. The molecule has 2 heterocycles. The van der Waals surface area contributed by atoms with Crippen LogP contribution in [0, 0.1) is 20.8 Å². The molecule has 0 aliphatic heterocycles. The van der Waals surface area contributed by atoms with Gasteiger partial charge in [0.05, 0.1) is 11.2 Å². The molecular formula is C22H18ClN3O2. The van der Waals surface area contributed by atoms with Crippen molar-refractivity contribution in [2.45, 2.75) is 20.8 Å². The molecule has 5 nitrogen and oxygen atoms in total. The van der Waals surface area contributed by atoms with Crippen LogP contribution in [-0.2, 0) is 0 Å². The van der Waals surface area contributed by atoms with Gasteiger partial charge >= 0.3 is 0 Å². The molecule has 0 spiro atoms. The van der Waals surface area contributed by atoms with Crippen LogP contribution in [0.25, 0.3) is 21.8 Å². The molecule has 140 valence electrons. The van der Waals surface area contributed by atoms with Crippen LogP contribution in [0.15, 0.2) is 47.3 Å². The maximum atomic E-state index is 12.9. The Kier molecular flexibility index (Phi) is 4.40. The fraction of sp³-hybridized carbons (Fsp3) is 0.136. The van der Waals surface area contributed by atoms with E-state index in [1.165, 1.54) is 6.07 Å². The number of aromatic nitrogens is 2. The van der Waals surface area contributed by atoms with E-state index in [0.29, 0.717) is 27.2 Å². The maximum absolute atomic E-state index is 12.9. The summed E-state index contributed by atoms with van der Waals surface area (Å²) in [5.74, 6) is -0.290. The van der Waals surface area contributed by atoms with Crippen LogP contribution in [0.4, 0.5) is 5.69 Å². The fourth-order valence-electron chi connectivity index (χ4n) is 3.35. The molecule has 0 unspecified atom stereocenters. The molecule has 0 saturated carbocycles. The Labute approximate surface area is 166 Å². The van der Waals surface area contributed by atoms with Crippen LogP contribution in [-0.4, -0.2) is 15.9 Å². The number of carbonyl (C=O) groups excluding carboxylic acids is 1. The third kappa shape index (κ3) is 3.14. The van der Waals surface area contributed by atoms with Crippen molar-refractivity contribution in [1.82, 2.24) is 9.97 Å². The summed E-state index contributed by atoms with van der Waals surface area (Å²) in [4.78, 5) is 32.8. The number of amides is 1. The van der Waals surface area contributed by atoms with E-state index in [1.54, 1.807) is 24.3 Å². The Bertz CT molecular complexity index is 1330. The van der Waals surface area contributed by atoms with Crippen LogP contribution in [0.2, 0.25) is 5.02 Å². The third-order valence-electron chi connectivity index (χ3n) is 4.77. The lowest BCUT2D eigenvalue weighted by Crippen LogP contribution is -2.14. The van der Waals surface area contributed by atoms with Gasteiger partial charge in [0.1, 0.15) is 0 Å². The Morgan fingerprint density at radius 3 is 2.61 bits per heavy atom. The van der Waals surface area contributed by atoms with E-state index < -0.39 is 0 Å². The summed E-state index contributed by atoms with van der Waals surface area (Å²) in [7, 11) is 0. The molecule has 0 radical (unpaired) electrons. The number of aromatic amines is 1. The van der Waals surface area contributed by atoms with Crippen molar-refractivity contribution in [3.8, 4) is 0 Å². The zero-order chi connectivity index (χ0) is 20.0. The van der Waals surface area contributed by atoms with Gasteiger partial charge in [0, 0.05) is 44.3 Å². The first kappa shape index (κ1) is 18.2. The van der Waals surface area contributed by atoms with E-state index >= 15 is 0 Å². The molecular weight excluding hydrogens is 374 g/mol. The SMILES string of the molecule is Cc1cc(NC(=O)c2ccc3[nH]c(C)cc(=O)c3c2)c2ccc(Cl)c(C)c2n1. The predicted octanol–water partition coefficient (Wildman–Crippen LogP) is 4.91. The van der Waals surface area contributed by atoms with Gasteiger partial charge in [-0.2, -0.15) is 0 Å². The molecule has 0 saturated heterocycles. The number of rotatable bonds is 2. The Balaban J connectivity index is 1.78. The predicted molar refractivity (Wildman–Crippen MR) is 113 cm³/mol. The van der Waals surface area contributed by atoms with E-state index in [-0.39, 0.29) is 11.3 Å². The van der Waals surface area contributed by atoms with Crippen molar-refractivity contribution in [3.05, 3.63) is 80.2 Å². The van der Waals surface area contributed by atoms with Gasteiger partial charge in [-0.1, -0.05) is 11.6 Å². The molecule has 2 aromatic carbocycles. The quantitative estimate of drug-likeness (QED) is 0.510. The van der Waals surface area contributed by atoms with Crippen molar-refractivity contribution in [2.24, 2.45) is 0 Å². The number of benzene rings is 2. The summed E-state index contributed by atoms with van der Waals surface area (Å²) in [5, 5.41) is 4.88. The number of nitrogens with zero attached hydrogens (tertiary/aromatic N) is 1. The van der Waals surface area contributed by atoms with Gasteiger partial charge < -0.3 is 10.3 Å². The van der Waals surface area contributed by atoms with Crippen LogP contribution in [0.3, 0.4) is 0 Å². The number of carbonyl (C=O) groups is 1. The summed E-state index contributed by atoms with van der Waals surface area (Å²) in [5.41, 5.74) is 4.84. The van der Waals surface area contributed by atoms with Gasteiger partial charge in [-0.25, -0.2) is 0 Å². The highest BCUT2D eigenvalue weighted by molar-refractivity contribution is 6.32. The second kappa shape index (κ2) is 6.77. The maximum Gasteiger partial charge on any atom is 0.255 e. The minimum atomic E-state index is -0.290. The topological polar surface area (TPSA) is 74.8 Å². The van der Waals surface area contributed by atoms with Gasteiger partial charge in [0.15, 0.2) is 5.43 Å². The molecule has 6 heteroatoms. The highest BCUT2D eigenvalue weighted by Gasteiger charge is 2.13. The average Bonchev–Trinajstić information content (AvgIpc) is 2.64. The lowest BCUT2D eigenvalue weighted by Gasteiger charge is -2.12. The van der Waals surface area contributed by atoms with E-state index in [2.05, 4.69) is 15.3 Å². The largest absolute Gasteiger partial charge is 0.358 e. The smallest absolute Gasteiger partial charge is 0.255 e. The fourth-order valence-corrected chi connectivity index (χ4v) is 3.50. The van der Waals surface area contributed by atoms with E-state index in [9.17, 15) is 9.59 Å². The molecule has 0 bridgehead atoms. The molecule has 0 aliphatic carbocycles. The lowest BCUT2D eigenvalue weighted by atomic mass is 10.1. The van der Waals surface area contributed by atoms with Crippen molar-refractivity contribution in [1.29, 1.82) is 0 Å². The van der Waals surface area contributed by atoms with Gasteiger partial charge in [-0.15, -0.1) is 0 Å². The number of hydrogen-bond acceptors (Lipinski definition) is 3. The zero-order valence-corrected chi connectivity index (χ0v) is 16.4. The van der Waals surface area contributed by atoms with Crippen molar-refractivity contribution >= 4 is 45.0 Å². The van der Waals surface area contributed by atoms with Crippen LogP contribution < -0.4 is 10.7 Å². The molecule has 28 heavy (non-hydrogen) atoms. The van der Waals surface area contributed by atoms with Crippen molar-refractivity contribution < 1.29 is 4.79 Å². The van der Waals surface area contributed by atoms with Crippen LogP contribution >= 0.6 is 11.6 Å². The van der Waals surface area contributed by atoms with E-state index in [4.69, 9.17) is 11.6 Å². The number of fused-ring (bicyclic) bond motifs is 2. The highest BCUT2D eigenvalue weighted by Crippen LogP contribution is 2.30. The first-order valence-electron chi connectivity index (χ1n) is 8.85. The Morgan fingerprint density at radius 2 is 1.82 bits per heavy atom. The summed E-state index contributed by atoms with van der Waals surface area (Å²) in [6, 6.07) is 12.1. The molecule has 2 N–H and O–H groups in total. The number of pyridine rings is 2. The number of nitrogens with one attached hydrogen (secondary N) is 2. The van der Waals surface area contributed by atoms with Gasteiger partial charge in [0.25, 0.3) is 5.91 Å². The van der Waals surface area contributed by atoms with Crippen LogP contribution in [0.5, 0.6) is 0 Å². The molecule has 0 fully saturated rings. The minimum Gasteiger partial charge on any atom is -0.358 e. The molecule has 2 aromatic heterocycles. The number of anilines is 1. The summed E-state index contributed by atoms with van der Waals surface area (Å²) < 4.78 is 0. The van der Waals surface area contributed by atoms with Gasteiger partial charge in [-0.05, 0) is 62.7 Å². The zero-order valence-electron chi connectivity index (χ0n) is 15.7. The highest BCUT2D eigenvalue weighted by atomic mass is 35.5. The summed E-state index contributed by atoms with van der Waals surface area (Å²) >= 11 is 6.22. The van der Waals surface area contributed by atoms with Crippen molar-refractivity contribution in [3.63, 3.8) is 0 Å². The number of halogens is 1. The summed E-state index contributed by atoms with van der Waals surface area (Å²) in [6.07, 6.45) is 0. The van der Waals surface area contributed by atoms with E-state index in [0.717, 1.165) is 27.9 Å². The summed E-state index contributed by atoms with van der Waals surface area (Å²) in [6.45, 7) is 5.60. The Morgan fingerprint density at radius 1 is 1.04 bits per heavy atom. The van der Waals surface area contributed by atoms with E-state index in [1.807, 2.05) is 32.9 Å². The Hall–Kier alpha value is -3.18. The second-order valence-corrected chi connectivity index (χ2v) is 7.32. The molecule has 0 aliphatic rings. The second-order valence-electron chi connectivity index (χ2n) is 6.91. The number of H-pyrrole nitrogens is 1. The standard InChI is InChI=1S/C22H18ClN3O2/c1-11-8-19(15-5-6-17(23)13(3)21(15)25-11)26-22(28)14-4-7-18-16(10-14)20(27)9-12(2)24-18/h4-10H,1-3H3,(H,24,27)(H,25,26,28). The first-order valence-corrected chi connectivity index (χ1v) is 9.23.